The van der Waals surface area contributed by atoms with Crippen LogP contribution < -0.4 is 5.32 Å². The molecule has 0 bridgehead atoms. The molecule has 19 heavy (non-hydrogen) atoms. The van der Waals surface area contributed by atoms with E-state index in [9.17, 15) is 8.78 Å². The highest BCUT2D eigenvalue weighted by Gasteiger charge is 2.21. The van der Waals surface area contributed by atoms with Crippen LogP contribution >= 0.6 is 0 Å². The molecule has 0 amide bonds. The van der Waals surface area contributed by atoms with Crippen molar-refractivity contribution in [2.75, 3.05) is 7.05 Å². The van der Waals surface area contributed by atoms with Gasteiger partial charge < -0.3 is 5.32 Å². The Labute approximate surface area is 115 Å². The van der Waals surface area contributed by atoms with Gasteiger partial charge in [0.05, 0.1) is 0 Å². The van der Waals surface area contributed by atoms with E-state index in [4.69, 9.17) is 0 Å². The van der Waals surface area contributed by atoms with Gasteiger partial charge in [-0.3, -0.25) is 0 Å². The molecule has 1 aromatic carbocycles. The maximum atomic E-state index is 13.8. The monoisotopic (exact) mass is 269 g/mol. The smallest absolute Gasteiger partial charge is 0.130 e. The first-order valence-electron chi connectivity index (χ1n) is 6.85. The molecule has 1 aromatic rings. The number of nitrogens with one attached hydrogen (secondary N) is 1. The minimum absolute atomic E-state index is 0.0713. The fourth-order valence-electron chi connectivity index (χ4n) is 2.72. The molecule has 1 rings (SSSR count). The number of benzene rings is 1. The summed E-state index contributed by atoms with van der Waals surface area (Å²) < 4.78 is 26.7. The third-order valence-electron chi connectivity index (χ3n) is 3.29. The Morgan fingerprint density at radius 3 is 2.32 bits per heavy atom. The van der Waals surface area contributed by atoms with E-state index in [1.807, 2.05) is 7.05 Å². The van der Waals surface area contributed by atoms with E-state index >= 15 is 0 Å². The topological polar surface area (TPSA) is 12.0 Å². The summed E-state index contributed by atoms with van der Waals surface area (Å²) >= 11 is 0. The molecule has 1 nitrogen and oxygen atoms in total. The summed E-state index contributed by atoms with van der Waals surface area (Å²) in [5.74, 6) is -0.525. The van der Waals surface area contributed by atoms with Crippen molar-refractivity contribution in [2.24, 2.45) is 11.3 Å². The SMILES string of the molecule is CNC(CC(C)CC(C)(C)C)c1ccc(F)cc1F. The van der Waals surface area contributed by atoms with Gasteiger partial charge in [0, 0.05) is 17.7 Å². The predicted octanol–water partition coefficient (Wildman–Crippen LogP) is 4.69. The zero-order valence-electron chi connectivity index (χ0n) is 12.6. The average molecular weight is 269 g/mol. The Balaban J connectivity index is 2.78. The van der Waals surface area contributed by atoms with Crippen molar-refractivity contribution >= 4 is 0 Å². The van der Waals surface area contributed by atoms with Crippen LogP contribution in [0.2, 0.25) is 0 Å². The standard InChI is InChI=1S/C16H25F2N/c1-11(10-16(2,3)4)8-15(19-5)13-7-6-12(17)9-14(13)18/h6-7,9,11,15,19H,8,10H2,1-5H3. The lowest BCUT2D eigenvalue weighted by atomic mass is 9.82. The molecule has 2 unspecified atom stereocenters. The lowest BCUT2D eigenvalue weighted by Crippen LogP contribution is -2.22. The van der Waals surface area contributed by atoms with Gasteiger partial charge in [0.1, 0.15) is 11.6 Å². The van der Waals surface area contributed by atoms with Gasteiger partial charge in [-0.25, -0.2) is 8.78 Å². The van der Waals surface area contributed by atoms with Gasteiger partial charge in [-0.1, -0.05) is 33.8 Å². The Morgan fingerprint density at radius 2 is 1.84 bits per heavy atom. The molecule has 0 saturated heterocycles. The first-order valence-corrected chi connectivity index (χ1v) is 6.85. The quantitative estimate of drug-likeness (QED) is 0.818. The van der Waals surface area contributed by atoms with E-state index < -0.39 is 11.6 Å². The largest absolute Gasteiger partial charge is 0.313 e. The van der Waals surface area contributed by atoms with Crippen molar-refractivity contribution < 1.29 is 8.78 Å². The summed E-state index contributed by atoms with van der Waals surface area (Å²) in [7, 11) is 1.82. The zero-order chi connectivity index (χ0) is 14.6. The minimum atomic E-state index is -0.529. The summed E-state index contributed by atoms with van der Waals surface area (Å²) in [4.78, 5) is 0. The first-order chi connectivity index (χ1) is 8.73. The normalized spacial score (nSPS) is 15.3. The van der Waals surface area contributed by atoms with E-state index in [1.165, 1.54) is 12.1 Å². The highest BCUT2D eigenvalue weighted by atomic mass is 19.1. The fourth-order valence-corrected chi connectivity index (χ4v) is 2.72. The molecule has 0 aliphatic rings. The van der Waals surface area contributed by atoms with Crippen molar-refractivity contribution in [3.8, 4) is 0 Å². The molecule has 108 valence electrons. The zero-order valence-corrected chi connectivity index (χ0v) is 12.6. The van der Waals surface area contributed by atoms with Gasteiger partial charge in [0.15, 0.2) is 0 Å². The number of hydrogen-bond acceptors (Lipinski definition) is 1. The molecular weight excluding hydrogens is 244 g/mol. The second kappa shape index (κ2) is 6.47. The van der Waals surface area contributed by atoms with Crippen LogP contribution in [-0.4, -0.2) is 7.05 Å². The maximum absolute atomic E-state index is 13.8. The highest BCUT2D eigenvalue weighted by Crippen LogP contribution is 2.31. The third-order valence-corrected chi connectivity index (χ3v) is 3.29. The molecule has 0 aliphatic carbocycles. The molecule has 0 fully saturated rings. The Morgan fingerprint density at radius 1 is 1.21 bits per heavy atom. The van der Waals surface area contributed by atoms with Crippen LogP contribution in [0.25, 0.3) is 0 Å². The fraction of sp³-hybridized carbons (Fsp3) is 0.625. The molecular formula is C16H25F2N. The summed E-state index contributed by atoms with van der Waals surface area (Å²) in [5.41, 5.74) is 0.809. The summed E-state index contributed by atoms with van der Waals surface area (Å²) in [6.45, 7) is 8.79. The van der Waals surface area contributed by atoms with Crippen molar-refractivity contribution in [2.45, 2.75) is 46.6 Å². The van der Waals surface area contributed by atoms with Crippen LogP contribution in [0.3, 0.4) is 0 Å². The van der Waals surface area contributed by atoms with Crippen LogP contribution in [0, 0.1) is 23.0 Å². The van der Waals surface area contributed by atoms with Crippen LogP contribution in [0.15, 0.2) is 18.2 Å². The maximum Gasteiger partial charge on any atom is 0.130 e. The second-order valence-electron chi connectivity index (χ2n) is 6.61. The Hall–Kier alpha value is -0.960. The van der Waals surface area contributed by atoms with Crippen LogP contribution in [-0.2, 0) is 0 Å². The summed E-state index contributed by atoms with van der Waals surface area (Å²) in [6, 6.07) is 3.74. The lowest BCUT2D eigenvalue weighted by Gasteiger charge is -2.27. The van der Waals surface area contributed by atoms with E-state index in [0.717, 1.165) is 18.9 Å². The van der Waals surface area contributed by atoms with Gasteiger partial charge in [-0.15, -0.1) is 0 Å². The van der Waals surface area contributed by atoms with Crippen LogP contribution in [0.5, 0.6) is 0 Å². The Bertz CT molecular complexity index is 410. The highest BCUT2D eigenvalue weighted by molar-refractivity contribution is 5.22. The second-order valence-corrected chi connectivity index (χ2v) is 6.61. The lowest BCUT2D eigenvalue weighted by molar-refractivity contribution is 0.277. The van der Waals surface area contributed by atoms with E-state index in [2.05, 4.69) is 33.0 Å². The number of hydrogen-bond donors (Lipinski definition) is 1. The first kappa shape index (κ1) is 16.1. The van der Waals surface area contributed by atoms with Gasteiger partial charge in [-0.2, -0.15) is 0 Å². The van der Waals surface area contributed by atoms with Crippen molar-refractivity contribution in [3.63, 3.8) is 0 Å². The third kappa shape index (κ3) is 5.27. The minimum Gasteiger partial charge on any atom is -0.313 e. The van der Waals surface area contributed by atoms with E-state index in [-0.39, 0.29) is 11.5 Å². The van der Waals surface area contributed by atoms with E-state index in [0.29, 0.717) is 11.5 Å². The summed E-state index contributed by atoms with van der Waals surface area (Å²) in [5, 5.41) is 3.13. The number of halogens is 2. The molecule has 0 radical (unpaired) electrons. The van der Waals surface area contributed by atoms with Gasteiger partial charge in [-0.05, 0) is 37.3 Å². The molecule has 0 aromatic heterocycles. The molecule has 0 aliphatic heterocycles. The molecule has 1 N–H and O–H groups in total. The molecule has 0 saturated carbocycles. The molecule has 0 heterocycles. The predicted molar refractivity (Wildman–Crippen MR) is 76.0 cm³/mol. The van der Waals surface area contributed by atoms with Crippen molar-refractivity contribution in [1.82, 2.24) is 5.32 Å². The van der Waals surface area contributed by atoms with E-state index in [1.54, 1.807) is 0 Å². The molecule has 0 spiro atoms. The van der Waals surface area contributed by atoms with Gasteiger partial charge in [0.25, 0.3) is 0 Å². The van der Waals surface area contributed by atoms with Gasteiger partial charge >= 0.3 is 0 Å². The van der Waals surface area contributed by atoms with Crippen LogP contribution in [0.1, 0.15) is 52.1 Å². The Kier molecular flexibility index (Phi) is 5.48. The number of rotatable bonds is 5. The average Bonchev–Trinajstić information content (AvgIpc) is 2.24. The van der Waals surface area contributed by atoms with Gasteiger partial charge in [0.2, 0.25) is 0 Å². The molecule has 2 atom stereocenters. The summed E-state index contributed by atoms with van der Waals surface area (Å²) in [6.07, 6.45) is 1.92. The van der Waals surface area contributed by atoms with Crippen molar-refractivity contribution in [1.29, 1.82) is 0 Å². The molecule has 3 heteroatoms. The van der Waals surface area contributed by atoms with Crippen LogP contribution in [0.4, 0.5) is 8.78 Å². The van der Waals surface area contributed by atoms with Crippen molar-refractivity contribution in [3.05, 3.63) is 35.4 Å².